The van der Waals surface area contributed by atoms with Crippen LogP contribution >= 0.6 is 39.3 Å². The Morgan fingerprint density at radius 2 is 2.22 bits per heavy atom. The summed E-state index contributed by atoms with van der Waals surface area (Å²) in [6, 6.07) is 5.52. The molecule has 0 heterocycles. The highest BCUT2D eigenvalue weighted by atomic mass is 79.9. The van der Waals surface area contributed by atoms with E-state index in [9.17, 15) is 4.79 Å². The molecule has 1 aromatic carbocycles. The molecule has 0 aliphatic heterocycles. The molecule has 1 rings (SSSR count). The van der Waals surface area contributed by atoms with Gasteiger partial charge in [-0.05, 0) is 59.5 Å². The van der Waals surface area contributed by atoms with Crippen LogP contribution in [0.1, 0.15) is 23.7 Å². The molecular weight excluding hydrogens is 334 g/mol. The van der Waals surface area contributed by atoms with Crippen molar-refractivity contribution in [2.75, 3.05) is 19.1 Å². The van der Waals surface area contributed by atoms with Gasteiger partial charge in [-0.25, -0.2) is 0 Å². The third-order valence-corrected chi connectivity index (χ3v) is 4.76. The molecule has 1 aromatic rings. The highest BCUT2D eigenvalue weighted by Crippen LogP contribution is 2.24. The summed E-state index contributed by atoms with van der Waals surface area (Å²) in [6.07, 6.45) is 3.07. The number of rotatable bonds is 5. The Hall–Kier alpha value is -0.190. The molecule has 100 valence electrons. The number of carbonyl (C=O) groups is 1. The molecule has 1 atom stereocenters. The van der Waals surface area contributed by atoms with E-state index in [0.29, 0.717) is 10.6 Å². The topological polar surface area (TPSA) is 20.3 Å². The molecule has 0 aliphatic rings. The second-order valence-electron chi connectivity index (χ2n) is 4.18. The second kappa shape index (κ2) is 7.41. The molecule has 0 fully saturated rings. The van der Waals surface area contributed by atoms with Crippen LogP contribution < -0.4 is 0 Å². The molecule has 18 heavy (non-hydrogen) atoms. The number of nitrogens with zero attached hydrogens (tertiary/aromatic N) is 1. The summed E-state index contributed by atoms with van der Waals surface area (Å²) in [5.74, 6) is 1.07. The number of amides is 1. The van der Waals surface area contributed by atoms with Crippen molar-refractivity contribution in [1.82, 2.24) is 4.90 Å². The van der Waals surface area contributed by atoms with Crippen molar-refractivity contribution in [2.24, 2.45) is 0 Å². The van der Waals surface area contributed by atoms with Crippen LogP contribution in [0.3, 0.4) is 0 Å². The molecular formula is C13H17BrClNOS. The lowest BCUT2D eigenvalue weighted by atomic mass is 10.1. The molecule has 0 N–H and O–H groups in total. The maximum atomic E-state index is 12.3. The lowest BCUT2D eigenvalue weighted by Gasteiger charge is -2.25. The first-order valence-corrected chi connectivity index (χ1v) is 8.25. The van der Waals surface area contributed by atoms with E-state index in [2.05, 4.69) is 29.1 Å². The first-order valence-electron chi connectivity index (χ1n) is 5.68. The lowest BCUT2D eigenvalue weighted by Crippen LogP contribution is -2.35. The predicted molar refractivity (Wildman–Crippen MR) is 83.7 cm³/mol. The highest BCUT2D eigenvalue weighted by molar-refractivity contribution is 9.10. The normalized spacial score (nSPS) is 12.3. The molecule has 0 radical (unpaired) electrons. The summed E-state index contributed by atoms with van der Waals surface area (Å²) in [7, 11) is 1.84. The highest BCUT2D eigenvalue weighted by Gasteiger charge is 2.17. The molecule has 5 heteroatoms. The average Bonchev–Trinajstić information content (AvgIpc) is 2.37. The van der Waals surface area contributed by atoms with E-state index >= 15 is 0 Å². The maximum absolute atomic E-state index is 12.3. The molecule has 1 amide bonds. The van der Waals surface area contributed by atoms with Crippen LogP contribution in [0.2, 0.25) is 5.02 Å². The summed E-state index contributed by atoms with van der Waals surface area (Å²) >= 11 is 11.1. The van der Waals surface area contributed by atoms with Gasteiger partial charge < -0.3 is 4.90 Å². The van der Waals surface area contributed by atoms with Gasteiger partial charge in [0, 0.05) is 23.1 Å². The fourth-order valence-corrected chi connectivity index (χ4v) is 2.52. The van der Waals surface area contributed by atoms with E-state index in [1.165, 1.54) is 0 Å². The Morgan fingerprint density at radius 3 is 2.78 bits per heavy atom. The van der Waals surface area contributed by atoms with E-state index in [1.807, 2.05) is 7.05 Å². The zero-order valence-corrected chi connectivity index (χ0v) is 13.9. The van der Waals surface area contributed by atoms with Crippen LogP contribution in [0.4, 0.5) is 0 Å². The molecule has 0 spiro atoms. The van der Waals surface area contributed by atoms with Gasteiger partial charge in [-0.3, -0.25) is 4.79 Å². The van der Waals surface area contributed by atoms with E-state index < -0.39 is 0 Å². The van der Waals surface area contributed by atoms with Gasteiger partial charge >= 0.3 is 0 Å². The quantitative estimate of drug-likeness (QED) is 0.788. The molecule has 0 bridgehead atoms. The first-order chi connectivity index (χ1) is 8.47. The van der Waals surface area contributed by atoms with Crippen LogP contribution in [0.15, 0.2) is 22.7 Å². The fourth-order valence-electron chi connectivity index (χ4n) is 1.52. The number of halogens is 2. The van der Waals surface area contributed by atoms with Gasteiger partial charge in [0.05, 0.1) is 5.02 Å². The average molecular weight is 351 g/mol. The second-order valence-corrected chi connectivity index (χ2v) is 6.42. The van der Waals surface area contributed by atoms with Gasteiger partial charge in [0.2, 0.25) is 0 Å². The minimum absolute atomic E-state index is 0.0120. The Balaban J connectivity index is 2.76. The summed E-state index contributed by atoms with van der Waals surface area (Å²) < 4.78 is 0.804. The number of hydrogen-bond acceptors (Lipinski definition) is 2. The molecule has 0 saturated heterocycles. The summed E-state index contributed by atoms with van der Waals surface area (Å²) in [5, 5.41) is 0.561. The SMILES string of the molecule is CSCCC(C)N(C)C(=O)c1ccc(Br)c(Cl)c1. The van der Waals surface area contributed by atoms with Crippen LogP contribution in [-0.4, -0.2) is 35.9 Å². The van der Waals surface area contributed by atoms with Crippen LogP contribution in [0.25, 0.3) is 0 Å². The molecule has 0 aromatic heterocycles. The van der Waals surface area contributed by atoms with Crippen molar-refractivity contribution >= 4 is 45.2 Å². The van der Waals surface area contributed by atoms with Gasteiger partial charge in [0.25, 0.3) is 5.91 Å². The Kier molecular flexibility index (Phi) is 6.53. The number of thioether (sulfide) groups is 1. The van der Waals surface area contributed by atoms with Crippen LogP contribution in [0.5, 0.6) is 0 Å². The van der Waals surface area contributed by atoms with Gasteiger partial charge in [-0.15, -0.1) is 0 Å². The van der Waals surface area contributed by atoms with E-state index in [1.54, 1.807) is 34.9 Å². The molecule has 0 aliphatic carbocycles. The largest absolute Gasteiger partial charge is 0.339 e. The Morgan fingerprint density at radius 1 is 1.56 bits per heavy atom. The fraction of sp³-hybridized carbons (Fsp3) is 0.462. The monoisotopic (exact) mass is 349 g/mol. The van der Waals surface area contributed by atoms with Crippen molar-refractivity contribution in [3.63, 3.8) is 0 Å². The van der Waals surface area contributed by atoms with Crippen molar-refractivity contribution in [2.45, 2.75) is 19.4 Å². The van der Waals surface area contributed by atoms with Crippen molar-refractivity contribution in [3.8, 4) is 0 Å². The standard InChI is InChI=1S/C13H17BrClNOS/c1-9(6-7-18-3)16(2)13(17)10-4-5-11(14)12(15)8-10/h4-5,8-9H,6-7H2,1-3H3. The minimum atomic E-state index is 0.0120. The zero-order chi connectivity index (χ0) is 13.7. The van der Waals surface area contributed by atoms with Crippen molar-refractivity contribution < 1.29 is 4.79 Å². The lowest BCUT2D eigenvalue weighted by molar-refractivity contribution is 0.0741. The minimum Gasteiger partial charge on any atom is -0.339 e. The van der Waals surface area contributed by atoms with E-state index in [0.717, 1.165) is 16.6 Å². The summed E-state index contributed by atoms with van der Waals surface area (Å²) in [4.78, 5) is 14.0. The van der Waals surface area contributed by atoms with Crippen molar-refractivity contribution in [1.29, 1.82) is 0 Å². The zero-order valence-electron chi connectivity index (χ0n) is 10.7. The van der Waals surface area contributed by atoms with E-state index in [-0.39, 0.29) is 11.9 Å². The Labute approximate surface area is 126 Å². The third-order valence-electron chi connectivity index (χ3n) is 2.89. The Bertz CT molecular complexity index is 427. The third kappa shape index (κ3) is 4.18. The van der Waals surface area contributed by atoms with Gasteiger partial charge in [-0.2, -0.15) is 11.8 Å². The maximum Gasteiger partial charge on any atom is 0.253 e. The van der Waals surface area contributed by atoms with Gasteiger partial charge in [-0.1, -0.05) is 11.6 Å². The predicted octanol–water partition coefficient (Wildman–Crippen LogP) is 4.32. The van der Waals surface area contributed by atoms with Gasteiger partial charge in [0.15, 0.2) is 0 Å². The van der Waals surface area contributed by atoms with Gasteiger partial charge in [0.1, 0.15) is 0 Å². The first kappa shape index (κ1) is 15.9. The summed E-state index contributed by atoms with van der Waals surface area (Å²) in [6.45, 7) is 2.06. The van der Waals surface area contributed by atoms with E-state index in [4.69, 9.17) is 11.6 Å². The molecule has 0 saturated carbocycles. The molecule has 2 nitrogen and oxygen atoms in total. The number of carbonyl (C=O) groups excluding carboxylic acids is 1. The van der Waals surface area contributed by atoms with Crippen molar-refractivity contribution in [3.05, 3.63) is 33.3 Å². The number of benzene rings is 1. The smallest absolute Gasteiger partial charge is 0.253 e. The number of hydrogen-bond donors (Lipinski definition) is 0. The van der Waals surface area contributed by atoms with Crippen LogP contribution in [-0.2, 0) is 0 Å². The van der Waals surface area contributed by atoms with Crippen LogP contribution in [0, 0.1) is 0 Å². The molecule has 1 unspecified atom stereocenters. The summed E-state index contributed by atoms with van der Waals surface area (Å²) in [5.41, 5.74) is 0.627.